The molecule has 3 aromatic rings. The minimum absolute atomic E-state index is 0.0578. The largest absolute Gasteiger partial charge is 0.514 e. The van der Waals surface area contributed by atoms with Crippen LogP contribution in [0.2, 0.25) is 0 Å². The Morgan fingerprint density at radius 2 is 1.76 bits per heavy atom. The van der Waals surface area contributed by atoms with Gasteiger partial charge >= 0.3 is 12.2 Å². The molecular formula is C25H25N3O7S2. The van der Waals surface area contributed by atoms with Gasteiger partial charge in [0.1, 0.15) is 24.0 Å². The second kappa shape index (κ2) is 14.1. The summed E-state index contributed by atoms with van der Waals surface area (Å²) < 4.78 is 15.5. The predicted octanol–water partition coefficient (Wildman–Crippen LogP) is 6.72. The first kappa shape index (κ1) is 27.8. The number of carbonyl (C=O) groups is 2. The number of nitrogens with one attached hydrogen (secondary N) is 1. The summed E-state index contributed by atoms with van der Waals surface area (Å²) in [6.45, 7) is 4.33. The maximum Gasteiger partial charge on any atom is 0.514 e. The van der Waals surface area contributed by atoms with Gasteiger partial charge in [0, 0.05) is 24.0 Å². The van der Waals surface area contributed by atoms with Gasteiger partial charge in [-0.2, -0.15) is 0 Å². The SMILES string of the molecule is CC(C)[C@H](COC(=O)Nc1ccc(COC(=O)Oc2ccc([N+](=O)[O-])cc2)cc1)SSc1ccccn1. The molecule has 1 amide bonds. The molecule has 1 heterocycles. The fourth-order valence-corrected chi connectivity index (χ4v) is 5.34. The highest BCUT2D eigenvalue weighted by atomic mass is 33.1. The molecule has 2 aromatic carbocycles. The van der Waals surface area contributed by atoms with Crippen LogP contribution in [0.1, 0.15) is 19.4 Å². The molecule has 0 spiro atoms. The molecule has 0 aliphatic carbocycles. The third-order valence-electron chi connectivity index (χ3n) is 4.82. The smallest absolute Gasteiger partial charge is 0.448 e. The molecule has 0 unspecified atom stereocenters. The van der Waals surface area contributed by atoms with Crippen LogP contribution in [0.5, 0.6) is 5.75 Å². The molecule has 0 saturated heterocycles. The molecule has 3 rings (SSSR count). The van der Waals surface area contributed by atoms with Gasteiger partial charge in [0.05, 0.1) is 10.2 Å². The molecule has 0 radical (unpaired) electrons. The van der Waals surface area contributed by atoms with E-state index in [0.29, 0.717) is 17.2 Å². The van der Waals surface area contributed by atoms with Crippen LogP contribution >= 0.6 is 21.6 Å². The fraction of sp³-hybridized carbons (Fsp3) is 0.240. The lowest BCUT2D eigenvalue weighted by Gasteiger charge is -2.19. The predicted molar refractivity (Wildman–Crippen MR) is 142 cm³/mol. The van der Waals surface area contributed by atoms with E-state index in [1.165, 1.54) is 24.3 Å². The van der Waals surface area contributed by atoms with Crippen LogP contribution in [0.3, 0.4) is 0 Å². The van der Waals surface area contributed by atoms with Crippen molar-refractivity contribution in [2.45, 2.75) is 30.7 Å². The van der Waals surface area contributed by atoms with Crippen LogP contribution in [-0.2, 0) is 16.1 Å². The number of rotatable bonds is 11. The van der Waals surface area contributed by atoms with Crippen molar-refractivity contribution in [2.24, 2.45) is 5.92 Å². The molecule has 1 N–H and O–H groups in total. The van der Waals surface area contributed by atoms with Crippen LogP contribution in [0.25, 0.3) is 0 Å². The molecule has 0 aliphatic heterocycles. The lowest BCUT2D eigenvalue weighted by molar-refractivity contribution is -0.384. The Kier molecular flexibility index (Phi) is 10.6. The first-order valence-corrected chi connectivity index (χ1v) is 13.4. The third-order valence-corrected chi connectivity index (χ3v) is 7.80. The standard InChI is InChI=1S/C25H25N3O7S2/c1-17(2)22(36-37-23-5-3-4-14-26-23)16-33-24(29)27-19-8-6-18(7-9-19)15-34-25(30)35-21-12-10-20(11-13-21)28(31)32/h3-14,17,22H,15-16H2,1-2H3,(H,27,29)/t22-/m0/s1. The van der Waals surface area contributed by atoms with Gasteiger partial charge in [-0.1, -0.05) is 42.8 Å². The van der Waals surface area contributed by atoms with E-state index in [1.807, 2.05) is 18.2 Å². The van der Waals surface area contributed by atoms with Crippen LogP contribution in [0.4, 0.5) is 21.0 Å². The summed E-state index contributed by atoms with van der Waals surface area (Å²) in [4.78, 5) is 38.5. The number of aromatic nitrogens is 1. The molecule has 12 heteroatoms. The highest BCUT2D eigenvalue weighted by Gasteiger charge is 2.18. The zero-order valence-corrected chi connectivity index (χ0v) is 21.7. The Balaban J connectivity index is 1.39. The number of non-ortho nitro benzene ring substituents is 1. The van der Waals surface area contributed by atoms with Crippen molar-refractivity contribution in [1.82, 2.24) is 4.98 Å². The van der Waals surface area contributed by atoms with E-state index in [0.717, 1.165) is 5.03 Å². The van der Waals surface area contributed by atoms with Crippen molar-refractivity contribution in [2.75, 3.05) is 11.9 Å². The maximum absolute atomic E-state index is 12.3. The summed E-state index contributed by atoms with van der Waals surface area (Å²) in [5.74, 6) is 0.419. The van der Waals surface area contributed by atoms with Crippen molar-refractivity contribution in [3.63, 3.8) is 0 Å². The topological polar surface area (TPSA) is 130 Å². The second-order valence-corrected chi connectivity index (χ2v) is 10.4. The van der Waals surface area contributed by atoms with Gasteiger partial charge in [-0.15, -0.1) is 0 Å². The molecule has 10 nitrogen and oxygen atoms in total. The zero-order valence-electron chi connectivity index (χ0n) is 20.1. The number of hydrogen-bond acceptors (Lipinski definition) is 10. The van der Waals surface area contributed by atoms with Crippen molar-refractivity contribution in [1.29, 1.82) is 0 Å². The van der Waals surface area contributed by atoms with E-state index in [2.05, 4.69) is 24.1 Å². The minimum atomic E-state index is -0.946. The number of anilines is 1. The Hall–Kier alpha value is -3.77. The third kappa shape index (κ3) is 9.66. The maximum atomic E-state index is 12.3. The summed E-state index contributed by atoms with van der Waals surface area (Å²) >= 11 is 0. The molecule has 1 aromatic heterocycles. The van der Waals surface area contributed by atoms with E-state index in [9.17, 15) is 19.7 Å². The summed E-state index contributed by atoms with van der Waals surface area (Å²) in [5, 5.41) is 14.3. The summed E-state index contributed by atoms with van der Waals surface area (Å²) in [5.41, 5.74) is 1.08. The van der Waals surface area contributed by atoms with E-state index in [4.69, 9.17) is 14.2 Å². The number of hydrogen-bond donors (Lipinski definition) is 1. The second-order valence-electron chi connectivity index (χ2n) is 7.94. The molecule has 0 aliphatic rings. The summed E-state index contributed by atoms with van der Waals surface area (Å²) in [7, 11) is 3.16. The van der Waals surface area contributed by atoms with Gasteiger partial charge in [-0.3, -0.25) is 15.4 Å². The van der Waals surface area contributed by atoms with Crippen LogP contribution < -0.4 is 10.1 Å². The minimum Gasteiger partial charge on any atom is -0.448 e. The number of nitro benzene ring substituents is 1. The van der Waals surface area contributed by atoms with Gasteiger partial charge in [0.25, 0.3) is 5.69 Å². The van der Waals surface area contributed by atoms with Crippen molar-refractivity contribution >= 4 is 45.2 Å². The lowest BCUT2D eigenvalue weighted by atomic mass is 10.1. The highest BCUT2D eigenvalue weighted by molar-refractivity contribution is 8.76. The quantitative estimate of drug-likeness (QED) is 0.0914. The van der Waals surface area contributed by atoms with E-state index in [1.54, 1.807) is 52.1 Å². The number of carbonyl (C=O) groups excluding carboxylic acids is 2. The molecular weight excluding hydrogens is 518 g/mol. The van der Waals surface area contributed by atoms with Crippen molar-refractivity contribution in [3.05, 3.63) is 88.6 Å². The Labute approximate surface area is 221 Å². The van der Waals surface area contributed by atoms with E-state index >= 15 is 0 Å². The summed E-state index contributed by atoms with van der Waals surface area (Å²) in [6, 6.07) is 17.5. The van der Waals surface area contributed by atoms with Gasteiger partial charge in [0.15, 0.2) is 0 Å². The lowest BCUT2D eigenvalue weighted by Crippen LogP contribution is -2.23. The molecule has 194 valence electrons. The first-order chi connectivity index (χ1) is 17.8. The van der Waals surface area contributed by atoms with Gasteiger partial charge in [-0.05, 0) is 58.7 Å². The number of nitro groups is 1. The Morgan fingerprint density at radius 3 is 2.38 bits per heavy atom. The van der Waals surface area contributed by atoms with Crippen molar-refractivity contribution in [3.8, 4) is 5.75 Å². The molecule has 37 heavy (non-hydrogen) atoms. The average molecular weight is 544 g/mol. The highest BCUT2D eigenvalue weighted by Crippen LogP contribution is 2.36. The van der Waals surface area contributed by atoms with Crippen molar-refractivity contribution < 1.29 is 28.7 Å². The van der Waals surface area contributed by atoms with Crippen LogP contribution in [0, 0.1) is 16.0 Å². The van der Waals surface area contributed by atoms with Crippen LogP contribution in [0.15, 0.2) is 78.0 Å². The number of benzene rings is 2. The van der Waals surface area contributed by atoms with Gasteiger partial charge in [0.2, 0.25) is 0 Å². The molecule has 0 fully saturated rings. The number of amides is 1. The van der Waals surface area contributed by atoms with Crippen LogP contribution in [-0.4, -0.2) is 34.0 Å². The van der Waals surface area contributed by atoms with Gasteiger partial charge < -0.3 is 14.2 Å². The zero-order chi connectivity index (χ0) is 26.6. The Morgan fingerprint density at radius 1 is 1.03 bits per heavy atom. The normalized spacial score (nSPS) is 11.4. The van der Waals surface area contributed by atoms with E-state index < -0.39 is 17.2 Å². The molecule has 1 atom stereocenters. The summed E-state index contributed by atoms with van der Waals surface area (Å²) in [6.07, 6.45) is 0.227. The van der Waals surface area contributed by atoms with Gasteiger partial charge in [-0.25, -0.2) is 14.6 Å². The monoisotopic (exact) mass is 543 g/mol. The molecule has 0 saturated carbocycles. The molecule has 0 bridgehead atoms. The number of pyridine rings is 1. The Bertz CT molecular complexity index is 1180. The fourth-order valence-electron chi connectivity index (χ4n) is 2.74. The van der Waals surface area contributed by atoms with E-state index in [-0.39, 0.29) is 29.9 Å². The number of ether oxygens (including phenoxy) is 3. The average Bonchev–Trinajstić information content (AvgIpc) is 2.89. The first-order valence-electron chi connectivity index (χ1n) is 11.2. The number of nitrogens with zero attached hydrogens (tertiary/aromatic N) is 2.